The molecule has 0 radical (unpaired) electrons. The largest absolute Gasteiger partial charge is 0.399 e. The van der Waals surface area contributed by atoms with Crippen LogP contribution in [-0.4, -0.2) is 11.9 Å². The molecule has 1 aromatic rings. The van der Waals surface area contributed by atoms with Crippen LogP contribution in [0.15, 0.2) is 24.3 Å². The first-order chi connectivity index (χ1) is 7.58. The molecule has 88 valence electrons. The summed E-state index contributed by atoms with van der Waals surface area (Å²) in [6.45, 7) is 3.94. The van der Waals surface area contributed by atoms with Gasteiger partial charge in [0.15, 0.2) is 0 Å². The monoisotopic (exact) mass is 220 g/mol. The van der Waals surface area contributed by atoms with E-state index in [9.17, 15) is 4.79 Å². The van der Waals surface area contributed by atoms with E-state index in [-0.39, 0.29) is 11.9 Å². The van der Waals surface area contributed by atoms with Crippen molar-refractivity contribution >= 4 is 11.6 Å². The summed E-state index contributed by atoms with van der Waals surface area (Å²) in [5.41, 5.74) is 7.65. The van der Waals surface area contributed by atoms with Crippen molar-refractivity contribution in [2.24, 2.45) is 0 Å². The fourth-order valence-corrected chi connectivity index (χ4v) is 1.60. The van der Waals surface area contributed by atoms with Crippen LogP contribution in [0.25, 0.3) is 0 Å². The van der Waals surface area contributed by atoms with Gasteiger partial charge in [-0.2, -0.15) is 0 Å². The number of nitrogens with two attached hydrogens (primary N) is 1. The molecule has 3 N–H and O–H groups in total. The van der Waals surface area contributed by atoms with Crippen LogP contribution >= 0.6 is 0 Å². The summed E-state index contributed by atoms with van der Waals surface area (Å²) in [4.78, 5) is 11.4. The summed E-state index contributed by atoms with van der Waals surface area (Å²) in [6, 6.07) is 8.03. The number of benzene rings is 1. The minimum Gasteiger partial charge on any atom is -0.399 e. The SMILES string of the molecule is CC(C)NC(=O)CCCc1cccc(N)c1. The molecular weight excluding hydrogens is 200 g/mol. The minimum absolute atomic E-state index is 0.124. The molecule has 0 aliphatic heterocycles. The van der Waals surface area contributed by atoms with Crippen molar-refractivity contribution in [1.82, 2.24) is 5.32 Å². The minimum atomic E-state index is 0.124. The highest BCUT2D eigenvalue weighted by molar-refractivity contribution is 5.76. The molecule has 1 amide bonds. The highest BCUT2D eigenvalue weighted by Gasteiger charge is 2.03. The van der Waals surface area contributed by atoms with Crippen molar-refractivity contribution in [2.75, 3.05) is 5.73 Å². The van der Waals surface area contributed by atoms with E-state index in [1.165, 1.54) is 5.56 Å². The van der Waals surface area contributed by atoms with Crippen LogP contribution in [0.1, 0.15) is 32.3 Å². The van der Waals surface area contributed by atoms with E-state index in [1.807, 2.05) is 38.1 Å². The van der Waals surface area contributed by atoms with E-state index in [2.05, 4.69) is 5.32 Å². The molecule has 0 aromatic heterocycles. The fourth-order valence-electron chi connectivity index (χ4n) is 1.60. The van der Waals surface area contributed by atoms with Crippen molar-refractivity contribution in [3.05, 3.63) is 29.8 Å². The van der Waals surface area contributed by atoms with Crippen LogP contribution in [0.3, 0.4) is 0 Å². The number of hydrogen-bond donors (Lipinski definition) is 2. The van der Waals surface area contributed by atoms with Gasteiger partial charge in [-0.3, -0.25) is 4.79 Å². The van der Waals surface area contributed by atoms with Gasteiger partial charge in [0.25, 0.3) is 0 Å². The Bertz CT molecular complexity index is 348. The van der Waals surface area contributed by atoms with E-state index >= 15 is 0 Å². The Balaban J connectivity index is 2.28. The van der Waals surface area contributed by atoms with Gasteiger partial charge in [-0.25, -0.2) is 0 Å². The van der Waals surface area contributed by atoms with Gasteiger partial charge in [0.1, 0.15) is 0 Å². The lowest BCUT2D eigenvalue weighted by Crippen LogP contribution is -2.29. The number of nitrogen functional groups attached to an aromatic ring is 1. The Morgan fingerprint density at radius 3 is 2.81 bits per heavy atom. The molecule has 0 aliphatic carbocycles. The highest BCUT2D eigenvalue weighted by atomic mass is 16.1. The van der Waals surface area contributed by atoms with Crippen LogP contribution < -0.4 is 11.1 Å². The molecule has 0 bridgehead atoms. The Morgan fingerprint density at radius 1 is 1.44 bits per heavy atom. The van der Waals surface area contributed by atoms with E-state index in [0.29, 0.717) is 6.42 Å². The summed E-state index contributed by atoms with van der Waals surface area (Å²) in [7, 11) is 0. The van der Waals surface area contributed by atoms with Gasteiger partial charge in [0, 0.05) is 18.2 Å². The number of anilines is 1. The number of carbonyl (C=O) groups is 1. The third-order valence-corrected chi connectivity index (χ3v) is 2.27. The number of rotatable bonds is 5. The first-order valence-corrected chi connectivity index (χ1v) is 5.71. The molecule has 0 fully saturated rings. The van der Waals surface area contributed by atoms with Crippen molar-refractivity contribution in [1.29, 1.82) is 0 Å². The molecular formula is C13H20N2O. The van der Waals surface area contributed by atoms with Crippen molar-refractivity contribution in [3.63, 3.8) is 0 Å². The fraction of sp³-hybridized carbons (Fsp3) is 0.462. The van der Waals surface area contributed by atoms with E-state index in [0.717, 1.165) is 18.5 Å². The topological polar surface area (TPSA) is 55.1 Å². The number of hydrogen-bond acceptors (Lipinski definition) is 2. The van der Waals surface area contributed by atoms with Gasteiger partial charge in [0.05, 0.1) is 0 Å². The summed E-state index contributed by atoms with van der Waals surface area (Å²) < 4.78 is 0. The third kappa shape index (κ3) is 4.82. The quantitative estimate of drug-likeness (QED) is 0.747. The highest BCUT2D eigenvalue weighted by Crippen LogP contribution is 2.09. The molecule has 1 rings (SSSR count). The second-order valence-corrected chi connectivity index (χ2v) is 4.32. The first kappa shape index (κ1) is 12.6. The molecule has 3 nitrogen and oxygen atoms in total. The molecule has 16 heavy (non-hydrogen) atoms. The molecule has 0 saturated heterocycles. The van der Waals surface area contributed by atoms with Crippen molar-refractivity contribution in [2.45, 2.75) is 39.2 Å². The molecule has 1 aromatic carbocycles. The van der Waals surface area contributed by atoms with Crippen molar-refractivity contribution in [3.8, 4) is 0 Å². The number of aryl methyl sites for hydroxylation is 1. The van der Waals surface area contributed by atoms with Crippen LogP contribution in [0, 0.1) is 0 Å². The van der Waals surface area contributed by atoms with Crippen LogP contribution in [-0.2, 0) is 11.2 Å². The predicted molar refractivity (Wildman–Crippen MR) is 67.1 cm³/mol. The standard InChI is InChI=1S/C13H20N2O/c1-10(2)15-13(16)8-4-6-11-5-3-7-12(14)9-11/h3,5,7,9-10H,4,6,8,14H2,1-2H3,(H,15,16). The molecule has 0 atom stereocenters. The predicted octanol–water partition coefficient (Wildman–Crippen LogP) is 2.12. The third-order valence-electron chi connectivity index (χ3n) is 2.27. The summed E-state index contributed by atoms with van der Waals surface area (Å²) in [6.07, 6.45) is 2.34. The number of nitrogens with one attached hydrogen (secondary N) is 1. The zero-order valence-electron chi connectivity index (χ0n) is 9.99. The summed E-state index contributed by atoms with van der Waals surface area (Å²) >= 11 is 0. The Kier molecular flexibility index (Phi) is 4.83. The maximum absolute atomic E-state index is 11.4. The first-order valence-electron chi connectivity index (χ1n) is 5.71. The number of carbonyl (C=O) groups excluding carboxylic acids is 1. The Labute approximate surface area is 97.0 Å². The van der Waals surface area contributed by atoms with E-state index in [4.69, 9.17) is 5.73 Å². The summed E-state index contributed by atoms with van der Waals surface area (Å²) in [5.74, 6) is 0.124. The van der Waals surface area contributed by atoms with E-state index < -0.39 is 0 Å². The Morgan fingerprint density at radius 2 is 2.19 bits per heavy atom. The molecule has 3 heteroatoms. The lowest BCUT2D eigenvalue weighted by Gasteiger charge is -2.08. The second kappa shape index (κ2) is 6.16. The maximum Gasteiger partial charge on any atom is 0.220 e. The molecule has 0 saturated carbocycles. The molecule has 0 heterocycles. The molecule has 0 unspecified atom stereocenters. The van der Waals surface area contributed by atoms with Gasteiger partial charge in [0.2, 0.25) is 5.91 Å². The van der Waals surface area contributed by atoms with E-state index in [1.54, 1.807) is 0 Å². The molecule has 0 spiro atoms. The average molecular weight is 220 g/mol. The number of amides is 1. The zero-order chi connectivity index (χ0) is 12.0. The van der Waals surface area contributed by atoms with Gasteiger partial charge in [-0.1, -0.05) is 12.1 Å². The zero-order valence-corrected chi connectivity index (χ0v) is 9.99. The Hall–Kier alpha value is -1.51. The second-order valence-electron chi connectivity index (χ2n) is 4.32. The van der Waals surface area contributed by atoms with Gasteiger partial charge in [-0.05, 0) is 44.4 Å². The maximum atomic E-state index is 11.4. The van der Waals surface area contributed by atoms with Crippen molar-refractivity contribution < 1.29 is 4.79 Å². The molecule has 0 aliphatic rings. The lowest BCUT2D eigenvalue weighted by atomic mass is 10.1. The smallest absolute Gasteiger partial charge is 0.220 e. The van der Waals surface area contributed by atoms with Gasteiger partial charge < -0.3 is 11.1 Å². The summed E-state index contributed by atoms with van der Waals surface area (Å²) in [5, 5.41) is 2.88. The lowest BCUT2D eigenvalue weighted by molar-refractivity contribution is -0.121. The van der Waals surface area contributed by atoms with Crippen LogP contribution in [0.2, 0.25) is 0 Å². The van der Waals surface area contributed by atoms with Gasteiger partial charge >= 0.3 is 0 Å². The van der Waals surface area contributed by atoms with Crippen LogP contribution in [0.5, 0.6) is 0 Å². The van der Waals surface area contributed by atoms with Crippen LogP contribution in [0.4, 0.5) is 5.69 Å². The van der Waals surface area contributed by atoms with Gasteiger partial charge in [-0.15, -0.1) is 0 Å². The normalized spacial score (nSPS) is 10.4. The average Bonchev–Trinajstić information content (AvgIpc) is 2.16.